The van der Waals surface area contributed by atoms with Gasteiger partial charge in [-0.25, -0.2) is 9.97 Å². The predicted molar refractivity (Wildman–Crippen MR) is 62.5 cm³/mol. The van der Waals surface area contributed by atoms with Crippen molar-refractivity contribution in [1.82, 2.24) is 9.97 Å². The zero-order chi connectivity index (χ0) is 11.5. The van der Waals surface area contributed by atoms with Crippen LogP contribution in [0.4, 0.5) is 5.82 Å². The molecule has 0 aliphatic carbocycles. The smallest absolute Gasteiger partial charge is 0.340 e. The van der Waals surface area contributed by atoms with E-state index in [1.54, 1.807) is 11.8 Å². The number of benzene rings is 1. The van der Waals surface area contributed by atoms with Crippen molar-refractivity contribution in [2.75, 3.05) is 6.26 Å². The summed E-state index contributed by atoms with van der Waals surface area (Å²) in [5.41, 5.74) is 0.847. The van der Waals surface area contributed by atoms with Crippen molar-refractivity contribution in [2.45, 2.75) is 4.90 Å². The van der Waals surface area contributed by atoms with Gasteiger partial charge >= 0.3 is 5.82 Å². The van der Waals surface area contributed by atoms with Crippen LogP contribution in [-0.4, -0.2) is 21.1 Å². The van der Waals surface area contributed by atoms with Crippen molar-refractivity contribution >= 4 is 17.6 Å². The number of H-pyrrole nitrogens is 1. The normalized spacial score (nSPS) is 10.3. The molecule has 6 heteroatoms. The SMILES string of the molecule is CSc1cccc(-c2ncc([N+](=O)[O-])[nH]2)c1. The molecule has 0 unspecified atom stereocenters. The highest BCUT2D eigenvalue weighted by Crippen LogP contribution is 2.23. The van der Waals surface area contributed by atoms with E-state index in [9.17, 15) is 10.1 Å². The van der Waals surface area contributed by atoms with Crippen molar-refractivity contribution in [3.05, 3.63) is 40.6 Å². The Hall–Kier alpha value is -1.82. The molecule has 0 atom stereocenters. The molecule has 0 bridgehead atoms. The lowest BCUT2D eigenvalue weighted by Gasteiger charge is -1.97. The average molecular weight is 235 g/mol. The molecule has 2 aromatic rings. The Kier molecular flexibility index (Phi) is 2.91. The van der Waals surface area contributed by atoms with Crippen LogP contribution >= 0.6 is 11.8 Å². The molecule has 0 aliphatic rings. The fourth-order valence-corrected chi connectivity index (χ4v) is 1.78. The summed E-state index contributed by atoms with van der Waals surface area (Å²) in [5.74, 6) is 0.423. The minimum Gasteiger partial charge on any atom is -0.358 e. The second kappa shape index (κ2) is 4.36. The minimum atomic E-state index is -0.491. The average Bonchev–Trinajstić information content (AvgIpc) is 2.78. The van der Waals surface area contributed by atoms with Crippen molar-refractivity contribution in [1.29, 1.82) is 0 Å². The van der Waals surface area contributed by atoms with Gasteiger partial charge in [0, 0.05) is 10.5 Å². The summed E-state index contributed by atoms with van der Waals surface area (Å²) in [5, 5.41) is 10.5. The molecule has 16 heavy (non-hydrogen) atoms. The maximum absolute atomic E-state index is 10.5. The number of rotatable bonds is 3. The van der Waals surface area contributed by atoms with Gasteiger partial charge in [0.25, 0.3) is 0 Å². The molecule has 82 valence electrons. The van der Waals surface area contributed by atoms with Gasteiger partial charge in [0.15, 0.2) is 0 Å². The maximum Gasteiger partial charge on any atom is 0.340 e. The van der Waals surface area contributed by atoms with Gasteiger partial charge in [-0.15, -0.1) is 11.8 Å². The van der Waals surface area contributed by atoms with Gasteiger partial charge in [0.05, 0.1) is 0 Å². The Morgan fingerprint density at radius 1 is 1.50 bits per heavy atom. The molecular formula is C10H9N3O2S. The van der Waals surface area contributed by atoms with Crippen molar-refractivity contribution in [2.24, 2.45) is 0 Å². The highest BCUT2D eigenvalue weighted by atomic mass is 32.2. The summed E-state index contributed by atoms with van der Waals surface area (Å²) >= 11 is 1.62. The topological polar surface area (TPSA) is 71.8 Å². The fourth-order valence-electron chi connectivity index (χ4n) is 1.32. The van der Waals surface area contributed by atoms with E-state index in [0.29, 0.717) is 5.82 Å². The lowest BCUT2D eigenvalue weighted by molar-refractivity contribution is -0.389. The number of hydrogen-bond acceptors (Lipinski definition) is 4. The predicted octanol–water partition coefficient (Wildman–Crippen LogP) is 2.71. The quantitative estimate of drug-likeness (QED) is 0.504. The first-order valence-electron chi connectivity index (χ1n) is 4.54. The molecule has 0 radical (unpaired) electrons. The van der Waals surface area contributed by atoms with Crippen molar-refractivity contribution in [3.63, 3.8) is 0 Å². The number of nitro groups is 1. The summed E-state index contributed by atoms with van der Waals surface area (Å²) in [6.07, 6.45) is 3.20. The van der Waals surface area contributed by atoms with Crippen LogP contribution in [-0.2, 0) is 0 Å². The summed E-state index contributed by atoms with van der Waals surface area (Å²) in [7, 11) is 0. The fraction of sp³-hybridized carbons (Fsp3) is 0.100. The van der Waals surface area contributed by atoms with Crippen LogP contribution in [0.1, 0.15) is 0 Å². The summed E-state index contributed by atoms with van der Waals surface area (Å²) < 4.78 is 0. The highest BCUT2D eigenvalue weighted by molar-refractivity contribution is 7.98. The zero-order valence-electron chi connectivity index (χ0n) is 8.51. The molecule has 1 N–H and O–H groups in total. The first-order chi connectivity index (χ1) is 7.70. The largest absolute Gasteiger partial charge is 0.358 e. The molecule has 0 amide bonds. The van der Waals surface area contributed by atoms with E-state index < -0.39 is 4.92 Å². The second-order valence-electron chi connectivity index (χ2n) is 3.11. The number of imidazole rings is 1. The standard InChI is InChI=1S/C10H9N3O2S/c1-16-8-4-2-3-7(5-8)10-11-6-9(12-10)13(14)15/h2-6H,1H3,(H,11,12). The number of aromatic amines is 1. The van der Waals surface area contributed by atoms with Crippen LogP contribution in [0, 0.1) is 10.1 Å². The monoisotopic (exact) mass is 235 g/mol. The van der Waals surface area contributed by atoms with Gasteiger partial charge in [-0.3, -0.25) is 0 Å². The van der Waals surface area contributed by atoms with Crippen LogP contribution in [0.2, 0.25) is 0 Å². The molecule has 0 fully saturated rings. The third-order valence-corrected chi connectivity index (χ3v) is 2.83. The molecule has 0 saturated heterocycles. The van der Waals surface area contributed by atoms with Crippen molar-refractivity contribution in [3.8, 4) is 11.4 Å². The summed E-state index contributed by atoms with van der Waals surface area (Å²) in [4.78, 5) is 17.7. The van der Waals surface area contributed by atoms with Gasteiger partial charge in [0.2, 0.25) is 5.82 Å². The Labute approximate surface area is 96.1 Å². The van der Waals surface area contributed by atoms with Crippen LogP contribution in [0.25, 0.3) is 11.4 Å². The third kappa shape index (κ3) is 2.06. The lowest BCUT2D eigenvalue weighted by Crippen LogP contribution is -1.87. The zero-order valence-corrected chi connectivity index (χ0v) is 9.32. The Balaban J connectivity index is 2.38. The van der Waals surface area contributed by atoms with E-state index >= 15 is 0 Å². The minimum absolute atomic E-state index is 0.0930. The Morgan fingerprint density at radius 2 is 2.31 bits per heavy atom. The highest BCUT2D eigenvalue weighted by Gasteiger charge is 2.11. The molecule has 1 heterocycles. The van der Waals surface area contributed by atoms with Gasteiger partial charge in [-0.05, 0) is 29.4 Å². The molecule has 0 aliphatic heterocycles. The molecule has 2 rings (SSSR count). The van der Waals surface area contributed by atoms with E-state index in [1.165, 1.54) is 6.20 Å². The summed E-state index contributed by atoms with van der Waals surface area (Å²) in [6, 6.07) is 7.68. The number of hydrogen-bond donors (Lipinski definition) is 1. The van der Waals surface area contributed by atoms with Gasteiger partial charge in [0.1, 0.15) is 6.20 Å². The van der Waals surface area contributed by atoms with E-state index in [-0.39, 0.29) is 5.82 Å². The van der Waals surface area contributed by atoms with E-state index in [4.69, 9.17) is 0 Å². The first kappa shape index (κ1) is 10.7. The number of aromatic nitrogens is 2. The lowest BCUT2D eigenvalue weighted by atomic mass is 10.2. The Bertz CT molecular complexity index is 524. The van der Waals surface area contributed by atoms with E-state index in [0.717, 1.165) is 10.5 Å². The maximum atomic E-state index is 10.5. The van der Waals surface area contributed by atoms with Crippen LogP contribution in [0.3, 0.4) is 0 Å². The van der Waals surface area contributed by atoms with Crippen LogP contribution in [0.5, 0.6) is 0 Å². The van der Waals surface area contributed by atoms with Crippen molar-refractivity contribution < 1.29 is 4.92 Å². The van der Waals surface area contributed by atoms with Crippen LogP contribution in [0.15, 0.2) is 35.4 Å². The van der Waals surface area contributed by atoms with Gasteiger partial charge < -0.3 is 10.1 Å². The molecule has 1 aromatic carbocycles. The van der Waals surface area contributed by atoms with E-state index in [2.05, 4.69) is 9.97 Å². The third-order valence-electron chi connectivity index (χ3n) is 2.10. The number of thioether (sulfide) groups is 1. The van der Waals surface area contributed by atoms with Gasteiger partial charge in [-0.2, -0.15) is 0 Å². The molecule has 0 spiro atoms. The Morgan fingerprint density at radius 3 is 2.94 bits per heavy atom. The molecular weight excluding hydrogens is 226 g/mol. The number of nitrogens with zero attached hydrogens (tertiary/aromatic N) is 2. The van der Waals surface area contributed by atoms with E-state index in [1.807, 2.05) is 30.5 Å². The summed E-state index contributed by atoms with van der Waals surface area (Å²) in [6.45, 7) is 0. The molecule has 1 aromatic heterocycles. The second-order valence-corrected chi connectivity index (χ2v) is 3.99. The molecule has 0 saturated carbocycles. The van der Waals surface area contributed by atoms with Gasteiger partial charge in [-0.1, -0.05) is 6.07 Å². The first-order valence-corrected chi connectivity index (χ1v) is 5.77. The molecule has 5 nitrogen and oxygen atoms in total. The van der Waals surface area contributed by atoms with Crippen LogP contribution < -0.4 is 0 Å². The number of nitrogens with one attached hydrogen (secondary N) is 1.